The van der Waals surface area contributed by atoms with Crippen LogP contribution in [0.4, 0.5) is 0 Å². The van der Waals surface area contributed by atoms with Crippen LogP contribution in [0, 0.1) is 0 Å². The summed E-state index contributed by atoms with van der Waals surface area (Å²) in [6.07, 6.45) is 1.60. The number of nitrogens with zero attached hydrogens (tertiary/aromatic N) is 1. The molecule has 0 saturated carbocycles. The van der Waals surface area contributed by atoms with Gasteiger partial charge in [0.1, 0.15) is 0 Å². The van der Waals surface area contributed by atoms with Crippen molar-refractivity contribution in [3.05, 3.63) is 47.0 Å². The maximum absolute atomic E-state index is 11.7. The molecule has 0 spiro atoms. The van der Waals surface area contributed by atoms with Crippen LogP contribution in [0.25, 0.3) is 11.1 Å². The van der Waals surface area contributed by atoms with Crippen LogP contribution in [0.1, 0.15) is 10.4 Å². The Morgan fingerprint density at radius 1 is 1.59 bits per heavy atom. The van der Waals surface area contributed by atoms with Crippen molar-refractivity contribution >= 4 is 17.0 Å². The highest BCUT2D eigenvalue weighted by atomic mass is 16.4. The van der Waals surface area contributed by atoms with E-state index < -0.39 is 5.76 Å². The van der Waals surface area contributed by atoms with Gasteiger partial charge in [0.25, 0.3) is 5.91 Å². The second kappa shape index (κ2) is 4.29. The second-order valence-electron chi connectivity index (χ2n) is 3.61. The molecular weight excluding hydrogens is 220 g/mol. The van der Waals surface area contributed by atoms with Gasteiger partial charge in [-0.15, -0.1) is 6.58 Å². The van der Waals surface area contributed by atoms with Crippen LogP contribution in [0.5, 0.6) is 0 Å². The number of hydrogen-bond acceptors (Lipinski definition) is 3. The summed E-state index contributed by atoms with van der Waals surface area (Å²) in [5.74, 6) is -0.649. The summed E-state index contributed by atoms with van der Waals surface area (Å²) in [5, 5.41) is 2.66. The molecule has 0 radical (unpaired) electrons. The first kappa shape index (κ1) is 11.2. The van der Waals surface area contributed by atoms with Crippen molar-refractivity contribution in [3.63, 3.8) is 0 Å². The summed E-state index contributed by atoms with van der Waals surface area (Å²) >= 11 is 0. The number of benzene rings is 1. The molecule has 88 valence electrons. The number of rotatable bonds is 3. The van der Waals surface area contributed by atoms with E-state index in [-0.39, 0.29) is 5.91 Å². The Kier molecular flexibility index (Phi) is 2.82. The minimum Gasteiger partial charge on any atom is -0.408 e. The fourth-order valence-corrected chi connectivity index (χ4v) is 1.53. The largest absolute Gasteiger partial charge is 0.419 e. The molecular formula is C12H12N2O3. The molecule has 1 amide bonds. The number of oxazole rings is 1. The Bertz CT molecular complexity index is 637. The zero-order chi connectivity index (χ0) is 12.4. The third kappa shape index (κ3) is 1.99. The van der Waals surface area contributed by atoms with Crippen LogP contribution in [-0.4, -0.2) is 17.0 Å². The number of aryl methyl sites for hydroxylation is 1. The third-order valence-corrected chi connectivity index (χ3v) is 2.46. The second-order valence-corrected chi connectivity index (χ2v) is 3.61. The van der Waals surface area contributed by atoms with Gasteiger partial charge < -0.3 is 9.73 Å². The molecule has 5 nitrogen and oxygen atoms in total. The number of carbonyl (C=O) groups is 1. The van der Waals surface area contributed by atoms with E-state index in [1.54, 1.807) is 31.3 Å². The van der Waals surface area contributed by atoms with E-state index >= 15 is 0 Å². The molecule has 0 aliphatic rings. The Balaban J connectivity index is 2.43. The van der Waals surface area contributed by atoms with Gasteiger partial charge in [-0.05, 0) is 18.2 Å². The summed E-state index contributed by atoms with van der Waals surface area (Å²) < 4.78 is 6.33. The average Bonchev–Trinajstić information content (AvgIpc) is 2.62. The molecule has 0 aliphatic heterocycles. The van der Waals surface area contributed by atoms with E-state index in [1.807, 2.05) is 0 Å². The van der Waals surface area contributed by atoms with Gasteiger partial charge in [-0.25, -0.2) is 4.79 Å². The molecule has 0 saturated heterocycles. The smallest absolute Gasteiger partial charge is 0.408 e. The van der Waals surface area contributed by atoms with E-state index in [9.17, 15) is 9.59 Å². The van der Waals surface area contributed by atoms with Crippen molar-refractivity contribution in [2.75, 3.05) is 6.54 Å². The van der Waals surface area contributed by atoms with Crippen molar-refractivity contribution in [2.45, 2.75) is 0 Å². The number of aromatic nitrogens is 1. The molecule has 2 aromatic rings. The normalized spacial score (nSPS) is 10.4. The lowest BCUT2D eigenvalue weighted by atomic mass is 10.2. The van der Waals surface area contributed by atoms with Crippen molar-refractivity contribution < 1.29 is 9.21 Å². The molecule has 5 heteroatoms. The van der Waals surface area contributed by atoms with E-state index in [0.29, 0.717) is 23.2 Å². The topological polar surface area (TPSA) is 64.2 Å². The Morgan fingerprint density at radius 2 is 2.35 bits per heavy atom. The maximum Gasteiger partial charge on any atom is 0.419 e. The van der Waals surface area contributed by atoms with Gasteiger partial charge in [-0.3, -0.25) is 9.36 Å². The fourth-order valence-electron chi connectivity index (χ4n) is 1.53. The summed E-state index contributed by atoms with van der Waals surface area (Å²) in [7, 11) is 1.60. The Hall–Kier alpha value is -2.30. The standard InChI is InChI=1S/C12H12N2O3/c1-3-6-13-11(15)8-4-5-10-9(7-8)14(2)12(16)17-10/h3-5,7H,1,6H2,2H3,(H,13,15). The first-order valence-corrected chi connectivity index (χ1v) is 5.12. The molecule has 17 heavy (non-hydrogen) atoms. The maximum atomic E-state index is 11.7. The predicted octanol–water partition coefficient (Wildman–Crippen LogP) is 1.05. The van der Waals surface area contributed by atoms with E-state index in [2.05, 4.69) is 11.9 Å². The number of carbonyl (C=O) groups excluding carboxylic acids is 1. The SMILES string of the molecule is C=CCNC(=O)c1ccc2oc(=O)n(C)c2c1. The van der Waals surface area contributed by atoms with Gasteiger partial charge in [0.05, 0.1) is 5.52 Å². The number of nitrogens with one attached hydrogen (secondary N) is 1. The van der Waals surface area contributed by atoms with Gasteiger partial charge >= 0.3 is 5.76 Å². The number of hydrogen-bond donors (Lipinski definition) is 1. The molecule has 0 bridgehead atoms. The summed E-state index contributed by atoms with van der Waals surface area (Å²) in [6.45, 7) is 3.92. The lowest BCUT2D eigenvalue weighted by Crippen LogP contribution is -2.23. The van der Waals surface area contributed by atoms with Crippen LogP contribution in [0.3, 0.4) is 0 Å². The third-order valence-electron chi connectivity index (χ3n) is 2.46. The van der Waals surface area contributed by atoms with E-state index in [1.165, 1.54) is 4.57 Å². The molecule has 1 aromatic carbocycles. The minimum absolute atomic E-state index is 0.208. The lowest BCUT2D eigenvalue weighted by Gasteiger charge is -2.02. The first-order chi connectivity index (χ1) is 8.13. The van der Waals surface area contributed by atoms with Crippen molar-refractivity contribution in [1.82, 2.24) is 9.88 Å². The quantitative estimate of drug-likeness (QED) is 0.804. The molecule has 1 N–H and O–H groups in total. The van der Waals surface area contributed by atoms with Crippen LogP contribution in [0.2, 0.25) is 0 Å². The number of amides is 1. The summed E-state index contributed by atoms with van der Waals surface area (Å²) in [5.41, 5.74) is 1.55. The van der Waals surface area contributed by atoms with Gasteiger partial charge in [0.15, 0.2) is 5.58 Å². The molecule has 1 aromatic heterocycles. The van der Waals surface area contributed by atoms with Gasteiger partial charge in [-0.2, -0.15) is 0 Å². The van der Waals surface area contributed by atoms with Crippen LogP contribution in [-0.2, 0) is 7.05 Å². The predicted molar refractivity (Wildman–Crippen MR) is 64.0 cm³/mol. The Morgan fingerprint density at radius 3 is 3.06 bits per heavy atom. The van der Waals surface area contributed by atoms with Crippen molar-refractivity contribution in [3.8, 4) is 0 Å². The first-order valence-electron chi connectivity index (χ1n) is 5.12. The molecule has 2 rings (SSSR count). The Labute approximate surface area is 97.3 Å². The highest BCUT2D eigenvalue weighted by Crippen LogP contribution is 2.14. The zero-order valence-electron chi connectivity index (χ0n) is 9.40. The molecule has 0 aliphatic carbocycles. The zero-order valence-corrected chi connectivity index (χ0v) is 9.40. The highest BCUT2D eigenvalue weighted by Gasteiger charge is 2.10. The van der Waals surface area contributed by atoms with Crippen molar-refractivity contribution in [1.29, 1.82) is 0 Å². The fraction of sp³-hybridized carbons (Fsp3) is 0.167. The average molecular weight is 232 g/mol. The number of fused-ring (bicyclic) bond motifs is 1. The van der Waals surface area contributed by atoms with E-state index in [0.717, 1.165) is 0 Å². The highest BCUT2D eigenvalue weighted by molar-refractivity contribution is 5.97. The van der Waals surface area contributed by atoms with Crippen molar-refractivity contribution in [2.24, 2.45) is 7.05 Å². The molecule has 1 heterocycles. The minimum atomic E-state index is -0.441. The van der Waals surface area contributed by atoms with Gasteiger partial charge in [0, 0.05) is 19.2 Å². The lowest BCUT2D eigenvalue weighted by molar-refractivity contribution is 0.0958. The van der Waals surface area contributed by atoms with Gasteiger partial charge in [0.2, 0.25) is 0 Å². The summed E-state index contributed by atoms with van der Waals surface area (Å²) in [6, 6.07) is 4.85. The molecule has 0 fully saturated rings. The van der Waals surface area contributed by atoms with Gasteiger partial charge in [-0.1, -0.05) is 6.08 Å². The summed E-state index contributed by atoms with van der Waals surface area (Å²) in [4.78, 5) is 23.0. The van der Waals surface area contributed by atoms with Crippen LogP contribution in [0.15, 0.2) is 40.1 Å². The van der Waals surface area contributed by atoms with Crippen LogP contribution >= 0.6 is 0 Å². The molecule has 0 atom stereocenters. The van der Waals surface area contributed by atoms with Crippen LogP contribution < -0.4 is 11.1 Å². The molecule has 0 unspecified atom stereocenters. The van der Waals surface area contributed by atoms with E-state index in [4.69, 9.17) is 4.42 Å². The monoisotopic (exact) mass is 232 g/mol.